The average Bonchev–Trinajstić information content (AvgIpc) is 3.30. The van der Waals surface area contributed by atoms with Crippen molar-refractivity contribution in [1.82, 2.24) is 0 Å². The highest BCUT2D eigenvalue weighted by Crippen LogP contribution is 2.26. The first-order valence-corrected chi connectivity index (χ1v) is 25.8. The molecule has 0 aliphatic carbocycles. The summed E-state index contributed by atoms with van der Waals surface area (Å²) in [6.45, 7) is 2.59. The number of esters is 2. The summed E-state index contributed by atoms with van der Waals surface area (Å²) < 4.78 is 33.6. The predicted octanol–water partition coefficient (Wildman–Crippen LogP) is 6.99. The van der Waals surface area contributed by atoms with Crippen LogP contribution in [0.4, 0.5) is 0 Å². The molecule has 0 bridgehead atoms. The van der Waals surface area contributed by atoms with E-state index in [4.69, 9.17) is 28.4 Å². The van der Waals surface area contributed by atoms with Crippen molar-refractivity contribution in [2.24, 2.45) is 0 Å². The summed E-state index contributed by atoms with van der Waals surface area (Å²) in [6, 6.07) is 0. The number of carbonyl (C=O) groups excluding carboxylic acids is 2. The summed E-state index contributed by atoms with van der Waals surface area (Å²) in [6.07, 6.45) is 19.5. The van der Waals surface area contributed by atoms with E-state index < -0.39 is 92.7 Å². The molecule has 15 heteroatoms. The molecule has 65 heavy (non-hydrogen) atoms. The lowest BCUT2D eigenvalue weighted by Crippen LogP contribution is -2.61. The van der Waals surface area contributed by atoms with E-state index in [9.17, 15) is 45.3 Å². The first-order chi connectivity index (χ1) is 31.5. The van der Waals surface area contributed by atoms with Gasteiger partial charge in [0.25, 0.3) is 0 Å². The van der Waals surface area contributed by atoms with E-state index in [0.29, 0.717) is 12.8 Å². The lowest BCUT2D eigenvalue weighted by Gasteiger charge is -2.42. The average molecular weight is 933 g/mol. The lowest BCUT2D eigenvalue weighted by atomic mass is 9.98. The van der Waals surface area contributed by atoms with E-state index in [1.165, 1.54) is 109 Å². The highest BCUT2D eigenvalue weighted by Gasteiger charge is 2.47. The molecule has 0 aromatic heterocycles. The van der Waals surface area contributed by atoms with Crippen LogP contribution in [-0.2, 0) is 38.0 Å². The third-order valence-electron chi connectivity index (χ3n) is 12.5. The Labute approximate surface area is 390 Å². The molecule has 0 saturated carbocycles. The van der Waals surface area contributed by atoms with E-state index in [2.05, 4.69) is 26.0 Å². The third kappa shape index (κ3) is 26.5. The van der Waals surface area contributed by atoms with Gasteiger partial charge in [-0.1, -0.05) is 161 Å². The minimum absolute atomic E-state index is 0.164. The molecule has 2 fully saturated rings. The Morgan fingerprint density at radius 2 is 0.877 bits per heavy atom. The molecule has 7 N–H and O–H groups in total. The SMILES string of the molecule is CCCCCCCC/C=C\CCCCCCCCCC(=O)OC(COC(=O)CCCCCCCCCCCCCC)COC1OC(COC2OC(CO)C(O)C(O)C2O)C(O)C(O)C1O. The first-order valence-electron chi connectivity index (χ1n) is 25.8. The zero-order chi connectivity index (χ0) is 47.5. The van der Waals surface area contributed by atoms with Gasteiger partial charge in [0, 0.05) is 12.8 Å². The molecule has 15 nitrogen and oxygen atoms in total. The van der Waals surface area contributed by atoms with E-state index in [1.807, 2.05) is 0 Å². The number of rotatable bonds is 40. The van der Waals surface area contributed by atoms with Crippen molar-refractivity contribution in [2.75, 3.05) is 26.4 Å². The van der Waals surface area contributed by atoms with Gasteiger partial charge < -0.3 is 64.2 Å². The van der Waals surface area contributed by atoms with Crippen molar-refractivity contribution in [2.45, 2.75) is 268 Å². The van der Waals surface area contributed by atoms with Crippen LogP contribution < -0.4 is 0 Å². The second kappa shape index (κ2) is 38.1. The summed E-state index contributed by atoms with van der Waals surface area (Å²) >= 11 is 0. The normalized spacial score (nSPS) is 26.4. The van der Waals surface area contributed by atoms with Crippen molar-refractivity contribution in [3.63, 3.8) is 0 Å². The molecule has 2 aliphatic rings. The maximum atomic E-state index is 13.0. The van der Waals surface area contributed by atoms with Crippen LogP contribution in [0, 0.1) is 0 Å². The first kappa shape index (κ1) is 59.4. The number of unbranched alkanes of at least 4 members (excludes halogenated alkanes) is 24. The van der Waals surface area contributed by atoms with Gasteiger partial charge >= 0.3 is 11.9 Å². The fourth-order valence-corrected chi connectivity index (χ4v) is 8.21. The van der Waals surface area contributed by atoms with E-state index in [1.54, 1.807) is 0 Å². The molecule has 11 atom stereocenters. The van der Waals surface area contributed by atoms with Crippen LogP contribution in [0.15, 0.2) is 12.2 Å². The van der Waals surface area contributed by atoms with E-state index >= 15 is 0 Å². The summed E-state index contributed by atoms with van der Waals surface area (Å²) in [5.41, 5.74) is 0. The highest BCUT2D eigenvalue weighted by molar-refractivity contribution is 5.70. The van der Waals surface area contributed by atoms with Crippen LogP contribution >= 0.6 is 0 Å². The summed E-state index contributed by atoms with van der Waals surface area (Å²) in [5.74, 6) is -0.921. The van der Waals surface area contributed by atoms with Crippen molar-refractivity contribution in [3.05, 3.63) is 12.2 Å². The zero-order valence-corrected chi connectivity index (χ0v) is 40.2. The number of aliphatic hydroxyl groups is 7. The van der Waals surface area contributed by atoms with Crippen molar-refractivity contribution >= 4 is 11.9 Å². The third-order valence-corrected chi connectivity index (χ3v) is 12.5. The number of aliphatic hydroxyl groups excluding tert-OH is 7. The molecule has 11 unspecified atom stereocenters. The van der Waals surface area contributed by atoms with Crippen molar-refractivity contribution < 1.29 is 73.8 Å². The molecule has 2 aliphatic heterocycles. The molecule has 2 saturated heterocycles. The number of ether oxygens (including phenoxy) is 6. The van der Waals surface area contributed by atoms with Crippen LogP contribution in [0.5, 0.6) is 0 Å². The van der Waals surface area contributed by atoms with Gasteiger partial charge in [-0.2, -0.15) is 0 Å². The van der Waals surface area contributed by atoms with Gasteiger partial charge in [-0.3, -0.25) is 9.59 Å². The van der Waals surface area contributed by atoms with Crippen LogP contribution in [0.2, 0.25) is 0 Å². The second-order valence-corrected chi connectivity index (χ2v) is 18.4. The number of allylic oxidation sites excluding steroid dienone is 2. The maximum absolute atomic E-state index is 13.0. The Morgan fingerprint density at radius 3 is 1.35 bits per heavy atom. The fourth-order valence-electron chi connectivity index (χ4n) is 8.21. The van der Waals surface area contributed by atoms with E-state index in [0.717, 1.165) is 51.4 Å². The minimum Gasteiger partial charge on any atom is -0.462 e. The Hall–Kier alpha value is -1.76. The number of carbonyl (C=O) groups is 2. The molecular weight excluding hydrogens is 841 g/mol. The van der Waals surface area contributed by atoms with Crippen LogP contribution in [0.3, 0.4) is 0 Å². The molecule has 0 aromatic rings. The summed E-state index contributed by atoms with van der Waals surface area (Å²) in [4.78, 5) is 25.7. The molecule has 0 aromatic carbocycles. The largest absolute Gasteiger partial charge is 0.462 e. The Morgan fingerprint density at radius 1 is 0.477 bits per heavy atom. The number of hydrogen-bond donors (Lipinski definition) is 7. The zero-order valence-electron chi connectivity index (χ0n) is 40.2. The Kier molecular flexibility index (Phi) is 34.8. The smallest absolute Gasteiger partial charge is 0.306 e. The Balaban J connectivity index is 1.81. The fraction of sp³-hybridized carbons (Fsp3) is 0.920. The summed E-state index contributed by atoms with van der Waals surface area (Å²) in [5, 5.41) is 72.0. The van der Waals surface area contributed by atoms with Gasteiger partial charge in [0.05, 0.1) is 19.8 Å². The van der Waals surface area contributed by atoms with Gasteiger partial charge in [-0.15, -0.1) is 0 Å². The summed E-state index contributed by atoms with van der Waals surface area (Å²) in [7, 11) is 0. The van der Waals surface area contributed by atoms with E-state index in [-0.39, 0.29) is 26.1 Å². The topological polar surface area (TPSA) is 231 Å². The van der Waals surface area contributed by atoms with Gasteiger partial charge in [0.2, 0.25) is 0 Å². The molecule has 0 radical (unpaired) electrons. The van der Waals surface area contributed by atoms with Gasteiger partial charge in [-0.25, -0.2) is 0 Å². The quantitative estimate of drug-likeness (QED) is 0.0187. The predicted molar refractivity (Wildman–Crippen MR) is 248 cm³/mol. The van der Waals surface area contributed by atoms with Gasteiger partial charge in [0.15, 0.2) is 18.7 Å². The molecule has 382 valence electrons. The van der Waals surface area contributed by atoms with Crippen LogP contribution in [0.25, 0.3) is 0 Å². The van der Waals surface area contributed by atoms with Crippen LogP contribution in [-0.4, -0.2) is 142 Å². The number of hydrogen-bond acceptors (Lipinski definition) is 15. The lowest BCUT2D eigenvalue weighted by molar-refractivity contribution is -0.332. The van der Waals surface area contributed by atoms with Crippen molar-refractivity contribution in [3.8, 4) is 0 Å². The highest BCUT2D eigenvalue weighted by atomic mass is 16.7. The molecule has 0 amide bonds. The van der Waals surface area contributed by atoms with Gasteiger partial charge in [-0.05, 0) is 38.5 Å². The standard InChI is InChI=1S/C50H92O15/c1-3-5-7-9-11-13-15-17-18-19-20-21-23-25-27-29-31-33-42(53)63-38(35-60-41(52)32-30-28-26-24-22-16-14-12-10-8-6-4-2)36-61-49-48(59)46(57)44(55)40(65-49)37-62-50-47(58)45(56)43(54)39(34-51)64-50/h17-18,38-40,43-51,54-59H,3-16,19-37H2,1-2H3/b18-17-. The second-order valence-electron chi connectivity index (χ2n) is 18.4. The maximum Gasteiger partial charge on any atom is 0.306 e. The molecule has 2 heterocycles. The van der Waals surface area contributed by atoms with Crippen molar-refractivity contribution in [1.29, 1.82) is 0 Å². The van der Waals surface area contributed by atoms with Gasteiger partial charge in [0.1, 0.15) is 55.4 Å². The Bertz CT molecular complexity index is 1190. The molecular formula is C50H92O15. The molecule has 0 spiro atoms. The monoisotopic (exact) mass is 933 g/mol. The minimum atomic E-state index is -1.76. The van der Waals surface area contributed by atoms with Crippen LogP contribution in [0.1, 0.15) is 200 Å². The molecule has 2 rings (SSSR count).